The molecule has 1 N–H and O–H groups in total. The van der Waals surface area contributed by atoms with E-state index in [9.17, 15) is 19.2 Å². The van der Waals surface area contributed by atoms with Crippen molar-refractivity contribution in [2.24, 2.45) is 28.6 Å². The summed E-state index contributed by atoms with van der Waals surface area (Å²) in [4.78, 5) is 65.7. The van der Waals surface area contributed by atoms with Gasteiger partial charge in [0.1, 0.15) is 17.6 Å². The zero-order chi connectivity index (χ0) is 41.2. The fraction of sp³-hybridized carbons (Fsp3) is 0.522. The third-order valence-electron chi connectivity index (χ3n) is 13.2. The number of amides is 2. The molecule has 306 valence electrons. The number of nitrogens with one attached hydrogen (secondary N) is 1. The van der Waals surface area contributed by atoms with Gasteiger partial charge in [-0.1, -0.05) is 33.6 Å². The average Bonchev–Trinajstić information content (AvgIpc) is 3.23. The highest BCUT2D eigenvalue weighted by Gasteiger charge is 2.63. The molecule has 4 aliphatic rings. The number of piperazine rings is 1. The molecule has 0 bridgehead atoms. The molecule has 12 nitrogen and oxygen atoms in total. The molecule has 0 radical (unpaired) electrons. The molecule has 3 saturated heterocycles. The van der Waals surface area contributed by atoms with Gasteiger partial charge in [0.25, 0.3) is 0 Å². The smallest absolute Gasteiger partial charge is 0.230 e. The van der Waals surface area contributed by atoms with Crippen molar-refractivity contribution in [3.63, 3.8) is 0 Å². The Balaban J connectivity index is 0.835. The Morgan fingerprint density at radius 1 is 0.845 bits per heavy atom. The van der Waals surface area contributed by atoms with Crippen LogP contribution >= 0.6 is 0 Å². The third-order valence-corrected chi connectivity index (χ3v) is 13.2. The highest BCUT2D eigenvalue weighted by Crippen LogP contribution is 2.62. The monoisotopic (exact) mass is 788 g/mol. The van der Waals surface area contributed by atoms with Crippen LogP contribution in [0.25, 0.3) is 0 Å². The lowest BCUT2D eigenvalue weighted by molar-refractivity contribution is -0.196. The van der Waals surface area contributed by atoms with E-state index in [1.54, 1.807) is 19.5 Å². The molecule has 58 heavy (non-hydrogen) atoms. The van der Waals surface area contributed by atoms with Crippen molar-refractivity contribution in [2.45, 2.75) is 72.3 Å². The van der Waals surface area contributed by atoms with Gasteiger partial charge in [0.15, 0.2) is 11.6 Å². The summed E-state index contributed by atoms with van der Waals surface area (Å²) in [5, 5.41) is 2.30. The molecule has 12 heteroatoms. The quantitative estimate of drug-likeness (QED) is 0.127. The van der Waals surface area contributed by atoms with Gasteiger partial charge in [-0.15, -0.1) is 6.42 Å². The highest BCUT2D eigenvalue weighted by atomic mass is 16.5. The lowest BCUT2D eigenvalue weighted by Gasteiger charge is -2.63. The normalized spacial score (nSPS) is 23.3. The maximum atomic E-state index is 13.6. The second-order valence-corrected chi connectivity index (χ2v) is 17.6. The Hall–Kier alpha value is -5.28. The van der Waals surface area contributed by atoms with Gasteiger partial charge in [-0.25, -0.2) is 9.97 Å². The first-order valence-electron chi connectivity index (χ1n) is 20.6. The number of imide groups is 1. The summed E-state index contributed by atoms with van der Waals surface area (Å²) < 4.78 is 12.0. The fourth-order valence-electron chi connectivity index (χ4n) is 9.98. The number of hydrogen-bond acceptors (Lipinski definition) is 11. The van der Waals surface area contributed by atoms with Crippen molar-refractivity contribution < 1.29 is 28.7 Å². The Kier molecular flexibility index (Phi) is 11.9. The second-order valence-electron chi connectivity index (χ2n) is 17.6. The van der Waals surface area contributed by atoms with Crippen molar-refractivity contribution in [1.29, 1.82) is 0 Å². The molecule has 1 saturated carbocycles. The number of carbonyl (C=O) groups is 4. The van der Waals surface area contributed by atoms with E-state index in [4.69, 9.17) is 15.9 Å². The number of rotatable bonds is 13. The molecule has 0 unspecified atom stereocenters. The number of hydrogen-bond donors (Lipinski definition) is 1. The molecule has 4 heterocycles. The predicted molar refractivity (Wildman–Crippen MR) is 222 cm³/mol. The zero-order valence-corrected chi connectivity index (χ0v) is 34.5. The van der Waals surface area contributed by atoms with Gasteiger partial charge in [-0.3, -0.25) is 29.4 Å². The maximum Gasteiger partial charge on any atom is 0.230 e. The summed E-state index contributed by atoms with van der Waals surface area (Å²) in [5.41, 5.74) is 3.08. The minimum absolute atomic E-state index is 0.00280. The van der Waals surface area contributed by atoms with E-state index < -0.39 is 11.8 Å². The van der Waals surface area contributed by atoms with Crippen LogP contribution < -0.4 is 24.6 Å². The van der Waals surface area contributed by atoms with Gasteiger partial charge < -0.3 is 19.3 Å². The Bertz CT molecular complexity index is 2030. The highest BCUT2D eigenvalue weighted by molar-refractivity contribution is 6.02. The van der Waals surface area contributed by atoms with E-state index in [1.165, 1.54) is 5.69 Å². The van der Waals surface area contributed by atoms with Gasteiger partial charge in [0, 0.05) is 99.1 Å². The van der Waals surface area contributed by atoms with Crippen molar-refractivity contribution in [3.8, 4) is 23.8 Å². The van der Waals surface area contributed by atoms with Crippen molar-refractivity contribution >= 4 is 34.8 Å². The molecule has 2 amide bonds. The number of ketones is 2. The van der Waals surface area contributed by atoms with E-state index in [-0.39, 0.29) is 59.0 Å². The summed E-state index contributed by atoms with van der Waals surface area (Å²) in [6.07, 6.45) is 12.3. The van der Waals surface area contributed by atoms with Crippen LogP contribution in [0, 0.1) is 40.9 Å². The number of methoxy groups -OCH3 is 1. The molecule has 3 aromatic rings. The first kappa shape index (κ1) is 40.9. The first-order valence-corrected chi connectivity index (χ1v) is 20.6. The third kappa shape index (κ3) is 8.60. The molecule has 1 aromatic heterocycles. The van der Waals surface area contributed by atoms with E-state index in [0.717, 1.165) is 69.9 Å². The topological polar surface area (TPSA) is 134 Å². The molecule has 7 rings (SSSR count). The van der Waals surface area contributed by atoms with Crippen molar-refractivity contribution in [1.82, 2.24) is 20.2 Å². The lowest BCUT2D eigenvalue weighted by atomic mass is 9.44. The molecular formula is C46H56N6O6. The summed E-state index contributed by atoms with van der Waals surface area (Å²) >= 11 is 0. The van der Waals surface area contributed by atoms with Crippen LogP contribution in [0.4, 0.5) is 11.4 Å². The Labute approximate surface area is 342 Å². The minimum atomic E-state index is -0.519. The van der Waals surface area contributed by atoms with E-state index in [0.29, 0.717) is 35.8 Å². The second kappa shape index (κ2) is 16.9. The number of nitrogens with zero attached hydrogens (tertiary/aromatic N) is 5. The Morgan fingerprint density at radius 2 is 1.50 bits per heavy atom. The predicted octanol–water partition coefficient (Wildman–Crippen LogP) is 5.83. The van der Waals surface area contributed by atoms with Gasteiger partial charge >= 0.3 is 0 Å². The number of piperidine rings is 2. The van der Waals surface area contributed by atoms with E-state index >= 15 is 0 Å². The molecule has 2 aromatic carbocycles. The summed E-state index contributed by atoms with van der Waals surface area (Å²) in [6, 6.07) is 13.8. The number of benzene rings is 2. The minimum Gasteiger partial charge on any atom is -0.495 e. The molecule has 4 fully saturated rings. The zero-order valence-electron chi connectivity index (χ0n) is 34.5. The molecule has 1 aliphatic carbocycles. The molecular weight excluding hydrogens is 733 g/mol. The van der Waals surface area contributed by atoms with Gasteiger partial charge in [0.05, 0.1) is 30.8 Å². The molecule has 0 spiro atoms. The first-order chi connectivity index (χ1) is 27.8. The number of anilines is 2. The SMILES string of the molecule is C#Cc1ccc(OC2C(C)(C)C(CC(=O)c3ccc(N4CCC(CN5CCN(c6cnc(C(=O)C[C@H]7CCC(=O)NC7=O)nc6)CC5)CC4)cc3)C2(C)C)cc1OC. The van der Waals surface area contributed by atoms with Gasteiger partial charge in [-0.2, -0.15) is 0 Å². The summed E-state index contributed by atoms with van der Waals surface area (Å²) in [7, 11) is 1.60. The fourth-order valence-corrected chi connectivity index (χ4v) is 9.98. The average molecular weight is 789 g/mol. The number of ether oxygens (including phenoxy) is 2. The van der Waals surface area contributed by atoms with Crippen LogP contribution in [0.2, 0.25) is 0 Å². The standard InChI is InChI=1S/C46H56N6O6/c1-7-31-10-14-36(25-39(31)57-6)58-44-45(2,3)40(46(44,4)5)26-37(53)32-8-12-34(13-9-32)51-18-16-30(17-19-51)29-50-20-22-52(23-21-50)35-27-47-42(48-28-35)38(54)24-33-11-15-41(55)49-43(33)56/h1,8-10,12-14,25,27-28,30,33,40,44H,11,15-24,26,29H2,2-6H3,(H,49,55,56)/t33-,40?,44?/m1/s1. The Morgan fingerprint density at radius 3 is 2.12 bits per heavy atom. The van der Waals surface area contributed by atoms with Crippen LogP contribution in [0.1, 0.15) is 92.8 Å². The van der Waals surface area contributed by atoms with Crippen molar-refractivity contribution in [2.75, 3.05) is 62.7 Å². The number of carbonyl (C=O) groups excluding carboxylic acids is 4. The van der Waals surface area contributed by atoms with E-state index in [2.05, 4.69) is 75.7 Å². The van der Waals surface area contributed by atoms with Crippen LogP contribution in [0.15, 0.2) is 54.9 Å². The van der Waals surface area contributed by atoms with Crippen LogP contribution in [0.5, 0.6) is 11.5 Å². The lowest BCUT2D eigenvalue weighted by Crippen LogP contribution is -2.66. The number of Topliss-reactive ketones (excluding diaryl/α,β-unsaturated/α-hetero) is 2. The van der Waals surface area contributed by atoms with E-state index in [1.807, 2.05) is 30.3 Å². The van der Waals surface area contributed by atoms with Gasteiger partial charge in [-0.05, 0) is 67.5 Å². The van der Waals surface area contributed by atoms with Crippen LogP contribution in [-0.4, -0.2) is 97.3 Å². The summed E-state index contributed by atoms with van der Waals surface area (Å²) in [6.45, 7) is 15.4. The summed E-state index contributed by atoms with van der Waals surface area (Å²) in [5.74, 6) is 3.53. The molecule has 3 aliphatic heterocycles. The van der Waals surface area contributed by atoms with Crippen molar-refractivity contribution in [3.05, 3.63) is 71.8 Å². The van der Waals surface area contributed by atoms with Crippen LogP contribution in [-0.2, 0) is 9.59 Å². The van der Waals surface area contributed by atoms with Crippen LogP contribution in [0.3, 0.4) is 0 Å². The largest absolute Gasteiger partial charge is 0.495 e. The number of aromatic nitrogens is 2. The van der Waals surface area contributed by atoms with Gasteiger partial charge in [0.2, 0.25) is 17.6 Å². The maximum absolute atomic E-state index is 13.6. The molecule has 1 atom stereocenters. The number of terminal acetylenes is 1.